The summed E-state index contributed by atoms with van der Waals surface area (Å²) in [7, 11) is 0. The van der Waals surface area contributed by atoms with Gasteiger partial charge >= 0.3 is 0 Å². The molecule has 0 heterocycles. The molecule has 22 heavy (non-hydrogen) atoms. The van der Waals surface area contributed by atoms with E-state index in [9.17, 15) is 0 Å². The van der Waals surface area contributed by atoms with E-state index >= 15 is 0 Å². The highest BCUT2D eigenvalue weighted by Crippen LogP contribution is 2.33. The van der Waals surface area contributed by atoms with Crippen LogP contribution in [0, 0.1) is 5.92 Å². The summed E-state index contributed by atoms with van der Waals surface area (Å²) in [5.74, 6) is 0.634. The second-order valence-electron chi connectivity index (χ2n) is 7.22. The second kappa shape index (κ2) is 14.3. The molecule has 0 aliphatic carbocycles. The van der Waals surface area contributed by atoms with Gasteiger partial charge in [-0.2, -0.15) is 0 Å². The average Bonchev–Trinajstić information content (AvgIpc) is 2.53. The Kier molecular flexibility index (Phi) is 14.1. The van der Waals surface area contributed by atoms with Crippen molar-refractivity contribution in [3.8, 4) is 0 Å². The van der Waals surface area contributed by atoms with Crippen LogP contribution >= 0.6 is 0 Å². The summed E-state index contributed by atoms with van der Waals surface area (Å²) in [6.07, 6.45) is 20.2. The van der Waals surface area contributed by atoms with Gasteiger partial charge in [0.2, 0.25) is 0 Å². The van der Waals surface area contributed by atoms with Crippen LogP contribution in [-0.4, -0.2) is 5.54 Å². The molecule has 0 aromatic rings. The van der Waals surface area contributed by atoms with Crippen molar-refractivity contribution < 1.29 is 0 Å². The Morgan fingerprint density at radius 3 is 1.82 bits per heavy atom. The molecule has 0 amide bonds. The summed E-state index contributed by atoms with van der Waals surface area (Å²) in [6, 6.07) is 0. The van der Waals surface area contributed by atoms with E-state index in [2.05, 4.69) is 33.4 Å². The van der Waals surface area contributed by atoms with Crippen LogP contribution in [0.3, 0.4) is 0 Å². The Bertz CT molecular complexity index is 238. The lowest BCUT2D eigenvalue weighted by molar-refractivity contribution is 0.208. The molecule has 2 N–H and O–H groups in total. The highest BCUT2D eigenvalue weighted by atomic mass is 14.8. The van der Waals surface area contributed by atoms with Crippen molar-refractivity contribution >= 4 is 0 Å². The third-order valence-corrected chi connectivity index (χ3v) is 5.16. The largest absolute Gasteiger partial charge is 0.325 e. The molecule has 132 valence electrons. The van der Waals surface area contributed by atoms with Gasteiger partial charge in [0.15, 0.2) is 0 Å². The van der Waals surface area contributed by atoms with Gasteiger partial charge in [-0.3, -0.25) is 0 Å². The first-order valence-electron chi connectivity index (χ1n) is 10.0. The van der Waals surface area contributed by atoms with Crippen molar-refractivity contribution in [1.29, 1.82) is 0 Å². The molecule has 1 nitrogen and oxygen atoms in total. The first-order valence-corrected chi connectivity index (χ1v) is 10.0. The maximum absolute atomic E-state index is 6.92. The van der Waals surface area contributed by atoms with Crippen LogP contribution in [0.4, 0.5) is 0 Å². The monoisotopic (exact) mass is 309 g/mol. The first kappa shape index (κ1) is 21.7. The third-order valence-electron chi connectivity index (χ3n) is 5.16. The van der Waals surface area contributed by atoms with E-state index in [0.717, 1.165) is 6.42 Å². The molecular weight excluding hydrogens is 266 g/mol. The Labute approximate surface area is 141 Å². The maximum Gasteiger partial charge on any atom is 0.0185 e. The fraction of sp³-hybridized carbons (Fsp3) is 0.905. The molecule has 0 fully saturated rings. The molecule has 0 saturated heterocycles. The third kappa shape index (κ3) is 9.66. The van der Waals surface area contributed by atoms with Crippen molar-refractivity contribution in [3.63, 3.8) is 0 Å². The van der Waals surface area contributed by atoms with E-state index < -0.39 is 0 Å². The summed E-state index contributed by atoms with van der Waals surface area (Å²) in [5, 5.41) is 0. The summed E-state index contributed by atoms with van der Waals surface area (Å²) < 4.78 is 0. The molecule has 1 atom stereocenters. The van der Waals surface area contributed by atoms with Crippen molar-refractivity contribution in [1.82, 2.24) is 0 Å². The molecule has 0 aliphatic rings. The Balaban J connectivity index is 4.43. The van der Waals surface area contributed by atoms with E-state index in [1.165, 1.54) is 83.5 Å². The molecule has 0 bridgehead atoms. The Hall–Kier alpha value is -0.300. The number of allylic oxidation sites excluding steroid dienone is 1. The summed E-state index contributed by atoms with van der Waals surface area (Å²) >= 11 is 0. The molecule has 0 aromatic carbocycles. The van der Waals surface area contributed by atoms with Gasteiger partial charge in [-0.05, 0) is 31.6 Å². The zero-order chi connectivity index (χ0) is 16.7. The first-order chi connectivity index (χ1) is 10.6. The SMILES string of the molecule is C=CCC(CCCCCCCC)C(N)(CCCC)CCCC. The van der Waals surface area contributed by atoms with Crippen LogP contribution in [0.2, 0.25) is 0 Å². The van der Waals surface area contributed by atoms with Crippen molar-refractivity contribution in [2.24, 2.45) is 11.7 Å². The van der Waals surface area contributed by atoms with Crippen LogP contribution in [0.25, 0.3) is 0 Å². The fourth-order valence-corrected chi connectivity index (χ4v) is 3.56. The number of unbranched alkanes of at least 4 members (excludes halogenated alkanes) is 7. The van der Waals surface area contributed by atoms with E-state index in [4.69, 9.17) is 5.73 Å². The predicted molar refractivity (Wildman–Crippen MR) is 102 cm³/mol. The molecule has 0 rings (SSSR count). The van der Waals surface area contributed by atoms with Gasteiger partial charge in [0.1, 0.15) is 0 Å². The lowest BCUT2D eigenvalue weighted by Crippen LogP contribution is -2.47. The molecule has 1 heteroatoms. The Morgan fingerprint density at radius 2 is 1.32 bits per heavy atom. The highest BCUT2D eigenvalue weighted by molar-refractivity contribution is 4.94. The van der Waals surface area contributed by atoms with E-state index in [0.29, 0.717) is 5.92 Å². The van der Waals surface area contributed by atoms with E-state index in [1.54, 1.807) is 0 Å². The molecular formula is C21H43N. The van der Waals surface area contributed by atoms with Gasteiger partial charge in [0.05, 0.1) is 0 Å². The van der Waals surface area contributed by atoms with Crippen molar-refractivity contribution in [2.45, 2.75) is 116 Å². The van der Waals surface area contributed by atoms with E-state index in [-0.39, 0.29) is 5.54 Å². The molecule has 0 aromatic heterocycles. The fourth-order valence-electron chi connectivity index (χ4n) is 3.56. The predicted octanol–water partition coefficient (Wildman–Crippen LogP) is 7.01. The zero-order valence-electron chi connectivity index (χ0n) is 15.8. The second-order valence-corrected chi connectivity index (χ2v) is 7.22. The van der Waals surface area contributed by atoms with Crippen LogP contribution < -0.4 is 5.73 Å². The summed E-state index contributed by atoms with van der Waals surface area (Å²) in [5.41, 5.74) is 6.96. The Morgan fingerprint density at radius 1 is 0.818 bits per heavy atom. The topological polar surface area (TPSA) is 26.0 Å². The molecule has 0 aliphatic heterocycles. The van der Waals surface area contributed by atoms with Gasteiger partial charge in [0, 0.05) is 5.54 Å². The highest BCUT2D eigenvalue weighted by Gasteiger charge is 2.32. The number of nitrogens with two attached hydrogens (primary N) is 1. The van der Waals surface area contributed by atoms with Gasteiger partial charge in [0.25, 0.3) is 0 Å². The number of hydrogen-bond acceptors (Lipinski definition) is 1. The summed E-state index contributed by atoms with van der Waals surface area (Å²) in [6.45, 7) is 10.8. The minimum Gasteiger partial charge on any atom is -0.325 e. The lowest BCUT2D eigenvalue weighted by Gasteiger charge is -2.38. The quantitative estimate of drug-likeness (QED) is 0.241. The molecule has 0 radical (unpaired) electrons. The maximum atomic E-state index is 6.92. The van der Waals surface area contributed by atoms with Crippen LogP contribution in [0.15, 0.2) is 12.7 Å². The van der Waals surface area contributed by atoms with Crippen LogP contribution in [0.1, 0.15) is 111 Å². The zero-order valence-corrected chi connectivity index (χ0v) is 15.8. The van der Waals surface area contributed by atoms with Gasteiger partial charge in [-0.1, -0.05) is 91.1 Å². The minimum absolute atomic E-state index is 0.0453. The van der Waals surface area contributed by atoms with Crippen molar-refractivity contribution in [3.05, 3.63) is 12.7 Å². The summed E-state index contributed by atoms with van der Waals surface area (Å²) in [4.78, 5) is 0. The number of rotatable bonds is 16. The normalized spacial score (nSPS) is 13.3. The lowest BCUT2D eigenvalue weighted by atomic mass is 9.73. The molecule has 0 spiro atoms. The van der Waals surface area contributed by atoms with E-state index in [1.807, 2.05) is 0 Å². The van der Waals surface area contributed by atoms with Gasteiger partial charge < -0.3 is 5.73 Å². The van der Waals surface area contributed by atoms with Gasteiger partial charge in [-0.15, -0.1) is 6.58 Å². The molecule has 0 saturated carbocycles. The minimum atomic E-state index is 0.0453. The van der Waals surface area contributed by atoms with Crippen LogP contribution in [0.5, 0.6) is 0 Å². The number of hydrogen-bond donors (Lipinski definition) is 1. The molecule has 1 unspecified atom stereocenters. The van der Waals surface area contributed by atoms with Crippen LogP contribution in [-0.2, 0) is 0 Å². The average molecular weight is 310 g/mol. The standard InChI is InChI=1S/C21H43N/c1-5-9-12-13-14-15-17-20(16-8-4)21(22,18-10-6-2)19-11-7-3/h8,20H,4-7,9-19,22H2,1-3H3. The smallest absolute Gasteiger partial charge is 0.0185 e. The van der Waals surface area contributed by atoms with Gasteiger partial charge in [-0.25, -0.2) is 0 Å². The van der Waals surface area contributed by atoms with Crippen molar-refractivity contribution in [2.75, 3.05) is 0 Å².